The Bertz CT molecular complexity index is 975. The van der Waals surface area contributed by atoms with Crippen LogP contribution in [-0.2, 0) is 12.8 Å². The fraction of sp³-hybridized carbons (Fsp3) is 0.105. The summed E-state index contributed by atoms with van der Waals surface area (Å²) in [7, 11) is 0. The minimum atomic E-state index is -1.12. The van der Waals surface area contributed by atoms with Crippen molar-refractivity contribution in [3.63, 3.8) is 0 Å². The van der Waals surface area contributed by atoms with Crippen LogP contribution in [0.2, 0.25) is 0 Å². The number of benzene rings is 2. The number of H-pyrrole nitrogens is 1. The van der Waals surface area contributed by atoms with Crippen LogP contribution < -0.4 is 0 Å². The van der Waals surface area contributed by atoms with Crippen LogP contribution >= 0.6 is 0 Å². The van der Waals surface area contributed by atoms with Gasteiger partial charge in [0.05, 0.1) is 5.69 Å². The first-order valence-electron chi connectivity index (χ1n) is 7.58. The van der Waals surface area contributed by atoms with Crippen molar-refractivity contribution in [1.82, 2.24) is 4.98 Å². The number of carboxylic acids is 1. The zero-order valence-corrected chi connectivity index (χ0v) is 12.6. The van der Waals surface area contributed by atoms with E-state index in [-0.39, 0.29) is 5.69 Å². The lowest BCUT2D eigenvalue weighted by atomic mass is 9.87. The number of aromatic nitrogens is 1. The van der Waals surface area contributed by atoms with E-state index < -0.39 is 17.6 Å². The van der Waals surface area contributed by atoms with Gasteiger partial charge >= 0.3 is 5.97 Å². The summed E-state index contributed by atoms with van der Waals surface area (Å²) in [5, 5.41) is 9.55. The highest BCUT2D eigenvalue weighted by Crippen LogP contribution is 2.41. The summed E-state index contributed by atoms with van der Waals surface area (Å²) in [4.78, 5) is 14.7. The maximum Gasteiger partial charge on any atom is 0.352 e. The number of aromatic amines is 1. The fourth-order valence-electron chi connectivity index (χ4n) is 3.39. The van der Waals surface area contributed by atoms with Crippen molar-refractivity contribution in [1.29, 1.82) is 0 Å². The third kappa shape index (κ3) is 2.12. The van der Waals surface area contributed by atoms with Crippen molar-refractivity contribution in [2.45, 2.75) is 12.8 Å². The molecular weight excluding hydrogens is 312 g/mol. The molecule has 1 heterocycles. The first kappa shape index (κ1) is 14.6. The number of aromatic carboxylic acids is 1. The fourth-order valence-corrected chi connectivity index (χ4v) is 3.39. The molecule has 0 bridgehead atoms. The van der Waals surface area contributed by atoms with Gasteiger partial charge < -0.3 is 10.1 Å². The minimum absolute atomic E-state index is 0.00251. The van der Waals surface area contributed by atoms with Crippen LogP contribution in [0, 0.1) is 11.6 Å². The zero-order valence-electron chi connectivity index (χ0n) is 12.6. The molecular formula is C19H13F2NO2. The molecule has 2 N–H and O–H groups in total. The third-order valence-corrected chi connectivity index (χ3v) is 4.46. The standard InChI is InChI=1S/C19H13F2NO2/c20-14-8-6-11(9-15(14)21)16-13-7-5-10-3-1-2-4-12(10)17(13)22-18(16)19(23)24/h1-4,6,8-9,22H,5,7H2,(H,23,24). The predicted octanol–water partition coefficient (Wildman–Crippen LogP) is 4.42. The van der Waals surface area contributed by atoms with Crippen LogP contribution in [-0.4, -0.2) is 16.1 Å². The number of halogens is 2. The molecule has 4 rings (SSSR count). The molecule has 3 nitrogen and oxygen atoms in total. The summed E-state index contributed by atoms with van der Waals surface area (Å²) >= 11 is 0. The van der Waals surface area contributed by atoms with E-state index in [4.69, 9.17) is 0 Å². The van der Waals surface area contributed by atoms with E-state index in [1.165, 1.54) is 6.07 Å². The Labute approximate surface area is 136 Å². The van der Waals surface area contributed by atoms with Crippen molar-refractivity contribution in [3.05, 3.63) is 70.9 Å². The van der Waals surface area contributed by atoms with Crippen molar-refractivity contribution < 1.29 is 18.7 Å². The molecule has 0 amide bonds. The van der Waals surface area contributed by atoms with E-state index in [2.05, 4.69) is 4.98 Å². The van der Waals surface area contributed by atoms with Gasteiger partial charge in [0, 0.05) is 11.1 Å². The summed E-state index contributed by atoms with van der Waals surface area (Å²) in [6.45, 7) is 0. The lowest BCUT2D eigenvalue weighted by Crippen LogP contribution is -2.03. The molecule has 0 saturated heterocycles. The highest BCUT2D eigenvalue weighted by atomic mass is 19.2. The molecule has 24 heavy (non-hydrogen) atoms. The summed E-state index contributed by atoms with van der Waals surface area (Å²) in [5.41, 5.74) is 4.47. The first-order chi connectivity index (χ1) is 11.6. The Morgan fingerprint density at radius 2 is 1.83 bits per heavy atom. The van der Waals surface area contributed by atoms with Crippen molar-refractivity contribution in [2.24, 2.45) is 0 Å². The molecule has 2 aromatic carbocycles. The number of aryl methyl sites for hydroxylation is 1. The quantitative estimate of drug-likeness (QED) is 0.732. The Morgan fingerprint density at radius 3 is 2.58 bits per heavy atom. The molecule has 0 unspecified atom stereocenters. The molecule has 0 spiro atoms. The Morgan fingerprint density at radius 1 is 1.04 bits per heavy atom. The van der Waals surface area contributed by atoms with E-state index in [0.29, 0.717) is 17.5 Å². The molecule has 0 aliphatic heterocycles. The minimum Gasteiger partial charge on any atom is -0.477 e. The van der Waals surface area contributed by atoms with E-state index in [9.17, 15) is 18.7 Å². The van der Waals surface area contributed by atoms with Gasteiger partial charge in [-0.15, -0.1) is 0 Å². The molecule has 0 radical (unpaired) electrons. The topological polar surface area (TPSA) is 53.1 Å². The first-order valence-corrected chi connectivity index (χ1v) is 7.58. The maximum absolute atomic E-state index is 13.6. The highest BCUT2D eigenvalue weighted by molar-refractivity contribution is 5.98. The van der Waals surface area contributed by atoms with E-state index >= 15 is 0 Å². The Kier molecular flexibility index (Phi) is 3.23. The van der Waals surface area contributed by atoms with Crippen LogP contribution in [0.15, 0.2) is 42.5 Å². The Hall–Kier alpha value is -2.95. The van der Waals surface area contributed by atoms with Gasteiger partial charge in [-0.1, -0.05) is 30.3 Å². The molecule has 5 heteroatoms. The number of hydrogen-bond donors (Lipinski definition) is 2. The second-order valence-corrected chi connectivity index (χ2v) is 5.82. The van der Waals surface area contributed by atoms with Gasteiger partial charge in [0.1, 0.15) is 5.69 Å². The van der Waals surface area contributed by atoms with Crippen LogP contribution in [0.5, 0.6) is 0 Å². The van der Waals surface area contributed by atoms with Gasteiger partial charge in [-0.05, 0) is 41.7 Å². The van der Waals surface area contributed by atoms with Crippen LogP contribution in [0.25, 0.3) is 22.4 Å². The number of carbonyl (C=O) groups is 1. The van der Waals surface area contributed by atoms with Gasteiger partial charge in [-0.25, -0.2) is 13.6 Å². The average molecular weight is 325 g/mol. The molecule has 0 atom stereocenters. The lowest BCUT2D eigenvalue weighted by Gasteiger charge is -2.17. The van der Waals surface area contributed by atoms with Gasteiger partial charge in [0.15, 0.2) is 11.6 Å². The molecule has 1 aliphatic rings. The van der Waals surface area contributed by atoms with Crippen LogP contribution in [0.3, 0.4) is 0 Å². The lowest BCUT2D eigenvalue weighted by molar-refractivity contribution is 0.0692. The number of nitrogens with one attached hydrogen (secondary N) is 1. The second-order valence-electron chi connectivity index (χ2n) is 5.82. The van der Waals surface area contributed by atoms with Gasteiger partial charge in [0.25, 0.3) is 0 Å². The van der Waals surface area contributed by atoms with Crippen molar-refractivity contribution in [3.8, 4) is 22.4 Å². The molecule has 120 valence electrons. The largest absolute Gasteiger partial charge is 0.477 e. The highest BCUT2D eigenvalue weighted by Gasteiger charge is 2.27. The van der Waals surface area contributed by atoms with E-state index in [1.54, 1.807) is 0 Å². The monoisotopic (exact) mass is 325 g/mol. The molecule has 1 aromatic heterocycles. The Balaban J connectivity index is 2.00. The van der Waals surface area contributed by atoms with Crippen LogP contribution in [0.4, 0.5) is 8.78 Å². The zero-order chi connectivity index (χ0) is 16.8. The van der Waals surface area contributed by atoms with E-state index in [1.807, 2.05) is 24.3 Å². The smallest absolute Gasteiger partial charge is 0.352 e. The van der Waals surface area contributed by atoms with Crippen molar-refractivity contribution in [2.75, 3.05) is 0 Å². The predicted molar refractivity (Wildman–Crippen MR) is 85.9 cm³/mol. The SMILES string of the molecule is O=C(O)c1[nH]c2c(c1-c1ccc(F)c(F)c1)CCc1ccccc1-2. The summed E-state index contributed by atoms with van der Waals surface area (Å²) < 4.78 is 26.9. The van der Waals surface area contributed by atoms with Gasteiger partial charge in [-0.2, -0.15) is 0 Å². The maximum atomic E-state index is 13.6. The van der Waals surface area contributed by atoms with E-state index in [0.717, 1.165) is 40.9 Å². The molecule has 0 saturated carbocycles. The number of hydrogen-bond acceptors (Lipinski definition) is 1. The molecule has 0 fully saturated rings. The van der Waals surface area contributed by atoms with Gasteiger partial charge in [0.2, 0.25) is 0 Å². The van der Waals surface area contributed by atoms with Crippen LogP contribution in [0.1, 0.15) is 21.6 Å². The van der Waals surface area contributed by atoms with Crippen molar-refractivity contribution >= 4 is 5.97 Å². The third-order valence-electron chi connectivity index (χ3n) is 4.46. The summed E-state index contributed by atoms with van der Waals surface area (Å²) in [5.74, 6) is -3.07. The number of rotatable bonds is 2. The summed E-state index contributed by atoms with van der Waals surface area (Å²) in [6.07, 6.45) is 1.42. The van der Waals surface area contributed by atoms with Gasteiger partial charge in [-0.3, -0.25) is 0 Å². The number of fused-ring (bicyclic) bond motifs is 3. The summed E-state index contributed by atoms with van der Waals surface area (Å²) in [6, 6.07) is 11.3. The average Bonchev–Trinajstić information content (AvgIpc) is 2.97. The number of carboxylic acid groups (broad SMARTS) is 1. The molecule has 1 aliphatic carbocycles. The normalized spacial score (nSPS) is 12.6. The molecule has 3 aromatic rings. The second kappa shape index (κ2) is 5.30.